The summed E-state index contributed by atoms with van der Waals surface area (Å²) >= 11 is 0. The van der Waals surface area contributed by atoms with Gasteiger partial charge in [0.2, 0.25) is 5.95 Å². The predicted octanol–water partition coefficient (Wildman–Crippen LogP) is 3.77. The number of rotatable bonds is 7. The zero-order chi connectivity index (χ0) is 17.5. The van der Waals surface area contributed by atoms with Gasteiger partial charge in [0.25, 0.3) is 0 Å². The molecule has 0 radical (unpaired) electrons. The number of methoxy groups -OCH3 is 1. The number of nitrogens with zero attached hydrogens (tertiary/aromatic N) is 3. The summed E-state index contributed by atoms with van der Waals surface area (Å²) in [5.41, 5.74) is 1.74. The molecule has 0 aliphatic carbocycles. The van der Waals surface area contributed by atoms with E-state index in [1.807, 2.05) is 55.5 Å². The van der Waals surface area contributed by atoms with Crippen LogP contribution in [0.3, 0.4) is 0 Å². The van der Waals surface area contributed by atoms with Crippen LogP contribution in [-0.4, -0.2) is 28.9 Å². The van der Waals surface area contributed by atoms with Crippen molar-refractivity contribution < 1.29 is 9.47 Å². The number of ether oxygens (including phenoxy) is 2. The van der Waals surface area contributed by atoms with E-state index in [4.69, 9.17) is 9.47 Å². The van der Waals surface area contributed by atoms with Gasteiger partial charge in [-0.05, 0) is 55.5 Å². The second-order valence-corrected chi connectivity index (χ2v) is 5.10. The number of hydrogen-bond acceptors (Lipinski definition) is 7. The first-order valence-electron chi connectivity index (χ1n) is 7.87. The molecule has 0 saturated carbocycles. The van der Waals surface area contributed by atoms with Crippen LogP contribution in [0.4, 0.5) is 23.1 Å². The highest BCUT2D eigenvalue weighted by atomic mass is 16.5. The van der Waals surface area contributed by atoms with E-state index in [0.29, 0.717) is 18.4 Å². The summed E-state index contributed by atoms with van der Waals surface area (Å²) in [4.78, 5) is 4.41. The largest absolute Gasteiger partial charge is 0.497 e. The highest BCUT2D eigenvalue weighted by Crippen LogP contribution is 2.20. The fourth-order valence-corrected chi connectivity index (χ4v) is 2.17. The fraction of sp³-hybridized carbons (Fsp3) is 0.167. The van der Waals surface area contributed by atoms with Crippen LogP contribution in [0.25, 0.3) is 0 Å². The molecule has 25 heavy (non-hydrogen) atoms. The first-order valence-corrected chi connectivity index (χ1v) is 7.87. The van der Waals surface area contributed by atoms with Gasteiger partial charge in [-0.3, -0.25) is 0 Å². The van der Waals surface area contributed by atoms with Gasteiger partial charge >= 0.3 is 0 Å². The molecule has 0 fully saturated rings. The van der Waals surface area contributed by atoms with Gasteiger partial charge in [0.05, 0.1) is 19.9 Å². The number of hydrogen-bond donors (Lipinski definition) is 2. The predicted molar refractivity (Wildman–Crippen MR) is 97.0 cm³/mol. The second-order valence-electron chi connectivity index (χ2n) is 5.10. The Morgan fingerprint density at radius 2 is 1.52 bits per heavy atom. The molecule has 0 bridgehead atoms. The highest BCUT2D eigenvalue weighted by molar-refractivity contribution is 5.59. The van der Waals surface area contributed by atoms with Gasteiger partial charge in [-0.2, -0.15) is 10.1 Å². The molecule has 0 spiro atoms. The smallest absolute Gasteiger partial charge is 0.249 e. The molecular formula is C18H19N5O2. The zero-order valence-corrected chi connectivity index (χ0v) is 14.1. The van der Waals surface area contributed by atoms with E-state index in [9.17, 15) is 0 Å². The Labute approximate surface area is 146 Å². The lowest BCUT2D eigenvalue weighted by atomic mass is 10.3. The average Bonchev–Trinajstić information content (AvgIpc) is 2.65. The molecule has 0 atom stereocenters. The molecule has 0 saturated heterocycles. The van der Waals surface area contributed by atoms with E-state index < -0.39 is 0 Å². The molecule has 128 valence electrons. The second kappa shape index (κ2) is 7.96. The van der Waals surface area contributed by atoms with Crippen molar-refractivity contribution in [3.63, 3.8) is 0 Å². The Hall–Kier alpha value is -3.35. The van der Waals surface area contributed by atoms with Crippen LogP contribution < -0.4 is 20.1 Å². The molecular weight excluding hydrogens is 318 g/mol. The first-order chi connectivity index (χ1) is 12.3. The van der Waals surface area contributed by atoms with Crippen LogP contribution in [0.15, 0.2) is 54.7 Å². The van der Waals surface area contributed by atoms with Crippen molar-refractivity contribution in [3.05, 3.63) is 54.7 Å². The quantitative estimate of drug-likeness (QED) is 0.679. The van der Waals surface area contributed by atoms with Crippen molar-refractivity contribution in [1.82, 2.24) is 15.2 Å². The van der Waals surface area contributed by atoms with E-state index in [2.05, 4.69) is 25.8 Å². The number of anilines is 4. The van der Waals surface area contributed by atoms with Gasteiger partial charge in [0.1, 0.15) is 11.5 Å². The summed E-state index contributed by atoms with van der Waals surface area (Å²) in [5, 5.41) is 14.3. The Kier molecular flexibility index (Phi) is 5.26. The normalized spacial score (nSPS) is 10.2. The van der Waals surface area contributed by atoms with Gasteiger partial charge in [0, 0.05) is 11.4 Å². The number of nitrogens with one attached hydrogen (secondary N) is 2. The van der Waals surface area contributed by atoms with Gasteiger partial charge < -0.3 is 20.1 Å². The standard InChI is InChI=1S/C18H19N5O2/c1-3-25-16-10-6-14(7-11-16)21-18-22-17(12-19-23-18)20-13-4-8-15(24-2)9-5-13/h4-12H,3H2,1-2H3,(H2,20,21,22,23). The lowest BCUT2D eigenvalue weighted by Crippen LogP contribution is -2.02. The van der Waals surface area contributed by atoms with Gasteiger partial charge in [-0.15, -0.1) is 5.10 Å². The van der Waals surface area contributed by atoms with Crippen molar-refractivity contribution in [2.75, 3.05) is 24.4 Å². The summed E-state index contributed by atoms with van der Waals surface area (Å²) in [6, 6.07) is 15.1. The maximum absolute atomic E-state index is 5.42. The molecule has 1 aromatic heterocycles. The van der Waals surface area contributed by atoms with E-state index >= 15 is 0 Å². The minimum atomic E-state index is 0.405. The monoisotopic (exact) mass is 337 g/mol. The average molecular weight is 337 g/mol. The third-order valence-electron chi connectivity index (χ3n) is 3.34. The van der Waals surface area contributed by atoms with Crippen molar-refractivity contribution in [3.8, 4) is 11.5 Å². The van der Waals surface area contributed by atoms with Crippen LogP contribution in [0.5, 0.6) is 11.5 Å². The lowest BCUT2D eigenvalue weighted by Gasteiger charge is -2.09. The topological polar surface area (TPSA) is 81.2 Å². The Morgan fingerprint density at radius 3 is 2.16 bits per heavy atom. The minimum Gasteiger partial charge on any atom is -0.497 e. The molecule has 0 aliphatic rings. The molecule has 0 unspecified atom stereocenters. The molecule has 0 aliphatic heterocycles. The van der Waals surface area contributed by atoms with E-state index in [-0.39, 0.29) is 0 Å². The summed E-state index contributed by atoms with van der Waals surface area (Å²) in [7, 11) is 1.63. The van der Waals surface area contributed by atoms with Crippen molar-refractivity contribution >= 4 is 23.1 Å². The minimum absolute atomic E-state index is 0.405. The van der Waals surface area contributed by atoms with E-state index in [0.717, 1.165) is 22.9 Å². The van der Waals surface area contributed by atoms with Crippen molar-refractivity contribution in [2.45, 2.75) is 6.92 Å². The zero-order valence-electron chi connectivity index (χ0n) is 14.1. The molecule has 3 rings (SSSR count). The lowest BCUT2D eigenvalue weighted by molar-refractivity contribution is 0.340. The fourth-order valence-electron chi connectivity index (χ4n) is 2.17. The molecule has 2 N–H and O–H groups in total. The van der Waals surface area contributed by atoms with E-state index in [1.54, 1.807) is 13.3 Å². The van der Waals surface area contributed by atoms with Crippen LogP contribution in [-0.2, 0) is 0 Å². The van der Waals surface area contributed by atoms with Crippen LogP contribution >= 0.6 is 0 Å². The molecule has 7 nitrogen and oxygen atoms in total. The van der Waals surface area contributed by atoms with Crippen LogP contribution in [0, 0.1) is 0 Å². The SMILES string of the molecule is CCOc1ccc(Nc2nncc(Nc3ccc(OC)cc3)n2)cc1. The van der Waals surface area contributed by atoms with Crippen molar-refractivity contribution in [2.24, 2.45) is 0 Å². The van der Waals surface area contributed by atoms with Crippen LogP contribution in [0.2, 0.25) is 0 Å². The van der Waals surface area contributed by atoms with E-state index in [1.165, 1.54) is 0 Å². The van der Waals surface area contributed by atoms with Gasteiger partial charge in [0.15, 0.2) is 5.82 Å². The molecule has 3 aromatic rings. The van der Waals surface area contributed by atoms with Crippen molar-refractivity contribution in [1.29, 1.82) is 0 Å². The maximum atomic E-state index is 5.42. The third kappa shape index (κ3) is 4.57. The number of aromatic nitrogens is 3. The third-order valence-corrected chi connectivity index (χ3v) is 3.34. The first kappa shape index (κ1) is 16.5. The maximum Gasteiger partial charge on any atom is 0.249 e. The van der Waals surface area contributed by atoms with Gasteiger partial charge in [-0.1, -0.05) is 0 Å². The Bertz CT molecular complexity index is 806. The molecule has 0 amide bonds. The summed E-state index contributed by atoms with van der Waals surface area (Å²) in [6.45, 7) is 2.59. The highest BCUT2D eigenvalue weighted by Gasteiger charge is 2.03. The summed E-state index contributed by atoms with van der Waals surface area (Å²) < 4.78 is 10.6. The molecule has 1 heterocycles. The summed E-state index contributed by atoms with van der Waals surface area (Å²) in [6.07, 6.45) is 1.56. The number of benzene rings is 2. The van der Waals surface area contributed by atoms with Gasteiger partial charge in [-0.25, -0.2) is 0 Å². The Morgan fingerprint density at radius 1 is 0.880 bits per heavy atom. The molecule has 7 heteroatoms. The Balaban J connectivity index is 1.68. The molecule has 2 aromatic carbocycles. The van der Waals surface area contributed by atoms with Crippen LogP contribution in [0.1, 0.15) is 6.92 Å². The summed E-state index contributed by atoms with van der Waals surface area (Å²) in [5.74, 6) is 2.61.